The summed E-state index contributed by atoms with van der Waals surface area (Å²) < 4.78 is 10.8. The summed E-state index contributed by atoms with van der Waals surface area (Å²) in [6, 6.07) is 10.1. The second-order valence-corrected chi connectivity index (χ2v) is 6.73. The lowest BCUT2D eigenvalue weighted by molar-refractivity contribution is 0.354. The van der Waals surface area contributed by atoms with Gasteiger partial charge < -0.3 is 24.7 Å². The number of benzene rings is 2. The van der Waals surface area contributed by atoms with Crippen LogP contribution in [0.4, 0.5) is 5.95 Å². The van der Waals surface area contributed by atoms with Gasteiger partial charge >= 0.3 is 0 Å². The first-order valence-corrected chi connectivity index (χ1v) is 9.07. The number of aromatic nitrogens is 2. The quantitative estimate of drug-likeness (QED) is 0.654. The van der Waals surface area contributed by atoms with Crippen molar-refractivity contribution in [1.82, 2.24) is 15.3 Å². The molecule has 0 bridgehead atoms. The molecule has 28 heavy (non-hydrogen) atoms. The second kappa shape index (κ2) is 8.31. The molecule has 0 amide bonds. The average Bonchev–Trinajstić information content (AvgIpc) is 2.68. The number of nitrogens with zero attached hydrogens (tertiary/aromatic N) is 2. The van der Waals surface area contributed by atoms with E-state index in [0.29, 0.717) is 40.5 Å². The maximum absolute atomic E-state index is 12.7. The van der Waals surface area contributed by atoms with E-state index < -0.39 is 0 Å². The fourth-order valence-electron chi connectivity index (χ4n) is 3.35. The second-order valence-electron chi connectivity index (χ2n) is 6.73. The molecular formula is C21H26N4O3. The van der Waals surface area contributed by atoms with E-state index in [4.69, 9.17) is 9.47 Å². The van der Waals surface area contributed by atoms with Crippen LogP contribution in [0.3, 0.4) is 0 Å². The predicted molar refractivity (Wildman–Crippen MR) is 112 cm³/mol. The topological polar surface area (TPSA) is 79.5 Å². The van der Waals surface area contributed by atoms with Gasteiger partial charge in [-0.25, -0.2) is 0 Å². The van der Waals surface area contributed by atoms with E-state index in [2.05, 4.69) is 39.6 Å². The number of aromatic amines is 1. The molecular weight excluding hydrogens is 356 g/mol. The summed E-state index contributed by atoms with van der Waals surface area (Å²) in [6.45, 7) is 3.29. The van der Waals surface area contributed by atoms with Crippen LogP contribution in [0.1, 0.15) is 16.7 Å². The highest BCUT2D eigenvalue weighted by molar-refractivity contribution is 5.86. The van der Waals surface area contributed by atoms with Crippen molar-refractivity contribution < 1.29 is 9.47 Å². The van der Waals surface area contributed by atoms with E-state index >= 15 is 0 Å². The number of rotatable bonds is 7. The van der Waals surface area contributed by atoms with Crippen LogP contribution >= 0.6 is 0 Å². The molecule has 7 heteroatoms. The van der Waals surface area contributed by atoms with Gasteiger partial charge in [0.1, 0.15) is 0 Å². The maximum atomic E-state index is 12.7. The molecule has 0 aliphatic heterocycles. The van der Waals surface area contributed by atoms with Gasteiger partial charge in [-0.2, -0.15) is 4.98 Å². The molecule has 0 fully saturated rings. The number of H-pyrrole nitrogens is 1. The van der Waals surface area contributed by atoms with E-state index in [1.165, 1.54) is 5.56 Å². The van der Waals surface area contributed by atoms with Crippen LogP contribution in [0.25, 0.3) is 10.9 Å². The van der Waals surface area contributed by atoms with Crippen molar-refractivity contribution in [2.24, 2.45) is 0 Å². The number of fused-ring (bicyclic) bond motifs is 1. The summed E-state index contributed by atoms with van der Waals surface area (Å²) in [5, 5.41) is 3.64. The minimum atomic E-state index is -0.293. The fourth-order valence-corrected chi connectivity index (χ4v) is 3.35. The molecule has 1 heterocycles. The predicted octanol–water partition coefficient (Wildman–Crippen LogP) is 2.60. The molecule has 1 aromatic heterocycles. The molecule has 0 saturated heterocycles. The lowest BCUT2D eigenvalue weighted by Gasteiger charge is -2.19. The number of hydrogen-bond donors (Lipinski definition) is 2. The van der Waals surface area contributed by atoms with Crippen LogP contribution in [0, 0.1) is 6.92 Å². The smallest absolute Gasteiger partial charge is 0.282 e. The van der Waals surface area contributed by atoms with Gasteiger partial charge in [0, 0.05) is 31.8 Å². The Balaban J connectivity index is 1.95. The first kappa shape index (κ1) is 19.7. The molecule has 7 nitrogen and oxygen atoms in total. The van der Waals surface area contributed by atoms with Gasteiger partial charge in [-0.05, 0) is 25.1 Å². The molecule has 0 aliphatic carbocycles. The fraction of sp³-hybridized carbons (Fsp3) is 0.333. The van der Waals surface area contributed by atoms with E-state index in [1.807, 2.05) is 25.9 Å². The first-order valence-electron chi connectivity index (χ1n) is 9.07. The Labute approximate surface area is 164 Å². The van der Waals surface area contributed by atoms with Crippen LogP contribution in [-0.4, -0.2) is 38.3 Å². The van der Waals surface area contributed by atoms with Crippen molar-refractivity contribution in [2.75, 3.05) is 33.2 Å². The summed E-state index contributed by atoms with van der Waals surface area (Å²) in [6.07, 6.45) is 0. The Kier molecular flexibility index (Phi) is 5.84. The number of methoxy groups -OCH3 is 2. The monoisotopic (exact) mass is 382 g/mol. The molecule has 148 valence electrons. The molecule has 0 atom stereocenters. The maximum Gasteiger partial charge on any atom is 0.282 e. The summed E-state index contributed by atoms with van der Waals surface area (Å²) in [7, 11) is 6.96. The standard InChI is InChI=1S/C21H26N4O3/c1-13-18-16(10-17(27-4)19(13)28-5)23-21(24-20(18)26)25(3)12-15-8-6-14(7-9-15)11-22-2/h6-10,22H,11-12H2,1-5H3,(H,23,24,26). The molecule has 0 spiro atoms. The summed E-state index contributed by atoms with van der Waals surface area (Å²) in [5.74, 6) is 1.62. The largest absolute Gasteiger partial charge is 0.493 e. The number of aryl methyl sites for hydroxylation is 1. The van der Waals surface area contributed by atoms with E-state index in [9.17, 15) is 4.79 Å². The SMILES string of the molecule is CNCc1ccc(CN(C)c2nc(=O)c3c(C)c(OC)c(OC)cc3[nH]2)cc1. The van der Waals surface area contributed by atoms with Crippen LogP contribution in [-0.2, 0) is 13.1 Å². The van der Waals surface area contributed by atoms with E-state index in [-0.39, 0.29) is 5.56 Å². The third-order valence-corrected chi connectivity index (χ3v) is 4.76. The van der Waals surface area contributed by atoms with Gasteiger partial charge in [-0.3, -0.25) is 4.79 Å². The van der Waals surface area contributed by atoms with Gasteiger partial charge in [0.05, 0.1) is 25.1 Å². The lowest BCUT2D eigenvalue weighted by Crippen LogP contribution is -2.23. The van der Waals surface area contributed by atoms with Crippen molar-refractivity contribution >= 4 is 16.9 Å². The molecule has 2 aromatic carbocycles. The molecule has 0 aliphatic rings. The summed E-state index contributed by atoms with van der Waals surface area (Å²) in [4.78, 5) is 22.1. The zero-order valence-electron chi connectivity index (χ0n) is 16.9. The van der Waals surface area contributed by atoms with Crippen molar-refractivity contribution in [3.8, 4) is 11.5 Å². The normalized spacial score (nSPS) is 10.9. The van der Waals surface area contributed by atoms with Crippen molar-refractivity contribution in [3.05, 3.63) is 57.4 Å². The highest BCUT2D eigenvalue weighted by atomic mass is 16.5. The number of nitrogens with one attached hydrogen (secondary N) is 2. The van der Waals surface area contributed by atoms with Gasteiger partial charge in [0.2, 0.25) is 5.95 Å². The molecule has 0 saturated carbocycles. The molecule has 2 N–H and O–H groups in total. The Morgan fingerprint density at radius 1 is 1.14 bits per heavy atom. The average molecular weight is 382 g/mol. The van der Waals surface area contributed by atoms with E-state index in [1.54, 1.807) is 20.3 Å². The van der Waals surface area contributed by atoms with Crippen LogP contribution < -0.4 is 25.2 Å². The van der Waals surface area contributed by atoms with Gasteiger partial charge in [0.25, 0.3) is 5.56 Å². The highest BCUT2D eigenvalue weighted by Gasteiger charge is 2.17. The van der Waals surface area contributed by atoms with Crippen molar-refractivity contribution in [1.29, 1.82) is 0 Å². The third-order valence-electron chi connectivity index (χ3n) is 4.76. The molecule has 3 aromatic rings. The lowest BCUT2D eigenvalue weighted by atomic mass is 10.1. The van der Waals surface area contributed by atoms with Crippen molar-refractivity contribution in [2.45, 2.75) is 20.0 Å². The van der Waals surface area contributed by atoms with Crippen LogP contribution in [0.2, 0.25) is 0 Å². The summed E-state index contributed by atoms with van der Waals surface area (Å²) >= 11 is 0. The van der Waals surface area contributed by atoms with Gasteiger partial charge in [-0.1, -0.05) is 24.3 Å². The summed E-state index contributed by atoms with van der Waals surface area (Å²) in [5.41, 5.74) is 3.44. The molecule has 0 unspecified atom stereocenters. The molecule has 3 rings (SSSR count). The zero-order valence-corrected chi connectivity index (χ0v) is 16.9. The Hall–Kier alpha value is -3.06. The Bertz CT molecular complexity index is 1030. The molecule has 0 radical (unpaired) electrons. The van der Waals surface area contributed by atoms with Crippen LogP contribution in [0.15, 0.2) is 35.1 Å². The van der Waals surface area contributed by atoms with Crippen LogP contribution in [0.5, 0.6) is 11.5 Å². The Morgan fingerprint density at radius 2 is 1.82 bits per heavy atom. The van der Waals surface area contributed by atoms with Crippen molar-refractivity contribution in [3.63, 3.8) is 0 Å². The minimum Gasteiger partial charge on any atom is -0.493 e. The number of ether oxygens (including phenoxy) is 2. The van der Waals surface area contributed by atoms with Gasteiger partial charge in [-0.15, -0.1) is 0 Å². The first-order chi connectivity index (χ1) is 13.5. The minimum absolute atomic E-state index is 0.293. The Morgan fingerprint density at radius 3 is 2.43 bits per heavy atom. The third kappa shape index (κ3) is 3.80. The number of hydrogen-bond acceptors (Lipinski definition) is 6. The number of anilines is 1. The highest BCUT2D eigenvalue weighted by Crippen LogP contribution is 2.35. The zero-order chi connectivity index (χ0) is 20.3. The van der Waals surface area contributed by atoms with E-state index in [0.717, 1.165) is 12.1 Å². The van der Waals surface area contributed by atoms with Gasteiger partial charge in [0.15, 0.2) is 11.5 Å².